The molecule has 1 heterocycles. The number of pyridine rings is 1. The molecular formula is C13H21ClN2O. The third-order valence-electron chi connectivity index (χ3n) is 2.96. The number of nitrogens with one attached hydrogen (secondary N) is 1. The van der Waals surface area contributed by atoms with E-state index in [1.807, 2.05) is 27.7 Å². The van der Waals surface area contributed by atoms with Gasteiger partial charge in [-0.15, -0.1) is 0 Å². The summed E-state index contributed by atoms with van der Waals surface area (Å²) in [5.74, 6) is 0.739. The van der Waals surface area contributed by atoms with Crippen molar-refractivity contribution in [2.24, 2.45) is 0 Å². The van der Waals surface area contributed by atoms with E-state index >= 15 is 0 Å². The molecule has 0 saturated heterocycles. The van der Waals surface area contributed by atoms with Gasteiger partial charge in [-0.1, -0.05) is 25.4 Å². The van der Waals surface area contributed by atoms with Gasteiger partial charge in [0, 0.05) is 17.8 Å². The van der Waals surface area contributed by atoms with Crippen LogP contribution in [0, 0.1) is 0 Å². The summed E-state index contributed by atoms with van der Waals surface area (Å²) in [6.45, 7) is 7.97. The van der Waals surface area contributed by atoms with Crippen molar-refractivity contribution in [3.63, 3.8) is 0 Å². The zero-order chi connectivity index (χ0) is 13.1. The Morgan fingerprint density at radius 3 is 2.41 bits per heavy atom. The number of rotatable bonds is 5. The Kier molecular flexibility index (Phi) is 4.78. The van der Waals surface area contributed by atoms with E-state index < -0.39 is 5.60 Å². The van der Waals surface area contributed by atoms with Crippen molar-refractivity contribution in [3.8, 4) is 0 Å². The summed E-state index contributed by atoms with van der Waals surface area (Å²) in [7, 11) is 0. The maximum Gasteiger partial charge on any atom is 0.127 e. The number of hydrogen-bond donors (Lipinski definition) is 2. The molecule has 0 aliphatic heterocycles. The summed E-state index contributed by atoms with van der Waals surface area (Å²) in [5, 5.41) is 14.2. The lowest BCUT2D eigenvalue weighted by Gasteiger charge is -2.26. The van der Waals surface area contributed by atoms with E-state index in [1.165, 1.54) is 0 Å². The van der Waals surface area contributed by atoms with Gasteiger partial charge in [0.05, 0.1) is 10.6 Å². The number of nitrogens with zero attached hydrogens (tertiary/aromatic N) is 1. The molecule has 0 fully saturated rings. The first-order valence-corrected chi connectivity index (χ1v) is 6.45. The molecule has 17 heavy (non-hydrogen) atoms. The van der Waals surface area contributed by atoms with Gasteiger partial charge in [-0.3, -0.25) is 0 Å². The molecule has 0 aromatic carbocycles. The summed E-state index contributed by atoms with van der Waals surface area (Å²) in [4.78, 5) is 4.29. The molecule has 0 amide bonds. The molecule has 0 unspecified atom stereocenters. The van der Waals surface area contributed by atoms with Crippen LogP contribution in [0.25, 0.3) is 0 Å². The fraction of sp³-hybridized carbons (Fsp3) is 0.615. The van der Waals surface area contributed by atoms with Crippen LogP contribution in [-0.4, -0.2) is 16.1 Å². The summed E-state index contributed by atoms with van der Waals surface area (Å²) in [6.07, 6.45) is 2.92. The number of hydrogen-bond acceptors (Lipinski definition) is 3. The molecule has 96 valence electrons. The molecule has 1 aromatic rings. The monoisotopic (exact) mass is 256 g/mol. The van der Waals surface area contributed by atoms with Gasteiger partial charge in [0.1, 0.15) is 5.82 Å². The molecule has 0 radical (unpaired) electrons. The Balaban J connectivity index is 3.05. The van der Waals surface area contributed by atoms with Crippen molar-refractivity contribution in [1.29, 1.82) is 0 Å². The third-order valence-corrected chi connectivity index (χ3v) is 3.27. The molecule has 1 aromatic heterocycles. The first kappa shape index (κ1) is 14.3. The first-order chi connectivity index (χ1) is 7.92. The van der Waals surface area contributed by atoms with E-state index in [4.69, 9.17) is 11.6 Å². The van der Waals surface area contributed by atoms with Crippen LogP contribution in [0.2, 0.25) is 5.02 Å². The van der Waals surface area contributed by atoms with Crippen LogP contribution >= 0.6 is 11.6 Å². The molecule has 0 bridgehead atoms. The SMILES string of the molecule is CCC(O)(CC)c1cnc(NC(C)C)cc1Cl. The fourth-order valence-corrected chi connectivity index (χ4v) is 2.11. The minimum atomic E-state index is -0.875. The summed E-state index contributed by atoms with van der Waals surface area (Å²) >= 11 is 6.21. The Morgan fingerprint density at radius 2 is 2.00 bits per heavy atom. The van der Waals surface area contributed by atoms with Gasteiger partial charge in [0.25, 0.3) is 0 Å². The van der Waals surface area contributed by atoms with Crippen LogP contribution in [0.5, 0.6) is 0 Å². The standard InChI is InChI=1S/C13H21ClN2O/c1-5-13(17,6-2)10-8-15-12(7-11(10)14)16-9(3)4/h7-9,17H,5-6H2,1-4H3,(H,15,16). The van der Waals surface area contributed by atoms with Gasteiger partial charge in [-0.05, 0) is 32.8 Å². The van der Waals surface area contributed by atoms with Gasteiger partial charge in [-0.25, -0.2) is 4.98 Å². The molecular weight excluding hydrogens is 236 g/mol. The van der Waals surface area contributed by atoms with E-state index in [0.717, 1.165) is 5.82 Å². The predicted molar refractivity (Wildman–Crippen MR) is 72.5 cm³/mol. The van der Waals surface area contributed by atoms with Crippen LogP contribution in [0.3, 0.4) is 0 Å². The summed E-state index contributed by atoms with van der Waals surface area (Å²) in [5.41, 5.74) is -0.168. The number of aromatic nitrogens is 1. The Labute approximate surface area is 108 Å². The molecule has 4 heteroatoms. The predicted octanol–water partition coefficient (Wildman–Crippen LogP) is 3.56. The number of anilines is 1. The van der Waals surface area contributed by atoms with Crippen molar-refractivity contribution in [3.05, 3.63) is 22.8 Å². The second-order valence-corrected chi connectivity index (χ2v) is 4.99. The zero-order valence-corrected chi connectivity index (χ0v) is 11.7. The average Bonchev–Trinajstić information content (AvgIpc) is 2.27. The van der Waals surface area contributed by atoms with Gasteiger partial charge < -0.3 is 10.4 Å². The molecule has 2 N–H and O–H groups in total. The molecule has 0 spiro atoms. The van der Waals surface area contributed by atoms with E-state index in [0.29, 0.717) is 29.5 Å². The van der Waals surface area contributed by atoms with Gasteiger partial charge in [0.15, 0.2) is 0 Å². The minimum Gasteiger partial charge on any atom is -0.385 e. The molecule has 1 rings (SSSR count). The van der Waals surface area contributed by atoms with Gasteiger partial charge in [0.2, 0.25) is 0 Å². The maximum atomic E-state index is 10.4. The van der Waals surface area contributed by atoms with Crippen molar-refractivity contribution >= 4 is 17.4 Å². The largest absolute Gasteiger partial charge is 0.385 e. The molecule has 0 atom stereocenters. The Hall–Kier alpha value is -0.800. The second-order valence-electron chi connectivity index (χ2n) is 4.59. The highest BCUT2D eigenvalue weighted by molar-refractivity contribution is 6.31. The van der Waals surface area contributed by atoms with Crippen molar-refractivity contribution < 1.29 is 5.11 Å². The summed E-state index contributed by atoms with van der Waals surface area (Å²) < 4.78 is 0. The Morgan fingerprint density at radius 1 is 1.41 bits per heavy atom. The van der Waals surface area contributed by atoms with Crippen LogP contribution in [0.1, 0.15) is 46.1 Å². The molecule has 0 aliphatic carbocycles. The van der Waals surface area contributed by atoms with E-state index in [1.54, 1.807) is 12.3 Å². The van der Waals surface area contributed by atoms with Gasteiger partial charge in [-0.2, -0.15) is 0 Å². The lowest BCUT2D eigenvalue weighted by atomic mass is 9.90. The first-order valence-electron chi connectivity index (χ1n) is 6.08. The molecule has 0 saturated carbocycles. The normalized spacial score (nSPS) is 11.9. The van der Waals surface area contributed by atoms with Crippen molar-refractivity contribution in [2.75, 3.05) is 5.32 Å². The Bertz CT molecular complexity index is 376. The minimum absolute atomic E-state index is 0.306. The smallest absolute Gasteiger partial charge is 0.127 e. The van der Waals surface area contributed by atoms with E-state index in [9.17, 15) is 5.11 Å². The molecule has 3 nitrogen and oxygen atoms in total. The van der Waals surface area contributed by atoms with Crippen LogP contribution in [0.4, 0.5) is 5.82 Å². The second kappa shape index (κ2) is 5.69. The van der Waals surface area contributed by atoms with Crippen LogP contribution < -0.4 is 5.32 Å². The quantitative estimate of drug-likeness (QED) is 0.847. The molecule has 0 aliphatic rings. The lowest BCUT2D eigenvalue weighted by Crippen LogP contribution is -2.24. The summed E-state index contributed by atoms with van der Waals surface area (Å²) in [6, 6.07) is 2.08. The highest BCUT2D eigenvalue weighted by Crippen LogP contribution is 2.34. The zero-order valence-electron chi connectivity index (χ0n) is 10.9. The average molecular weight is 257 g/mol. The maximum absolute atomic E-state index is 10.4. The van der Waals surface area contributed by atoms with E-state index in [2.05, 4.69) is 10.3 Å². The van der Waals surface area contributed by atoms with Crippen molar-refractivity contribution in [1.82, 2.24) is 4.98 Å². The highest BCUT2D eigenvalue weighted by Gasteiger charge is 2.27. The number of halogens is 1. The number of aliphatic hydroxyl groups is 1. The highest BCUT2D eigenvalue weighted by atomic mass is 35.5. The van der Waals surface area contributed by atoms with Gasteiger partial charge >= 0.3 is 0 Å². The fourth-order valence-electron chi connectivity index (χ4n) is 1.78. The lowest BCUT2D eigenvalue weighted by molar-refractivity contribution is 0.0282. The third kappa shape index (κ3) is 3.33. The van der Waals surface area contributed by atoms with Crippen LogP contribution in [0.15, 0.2) is 12.3 Å². The van der Waals surface area contributed by atoms with Crippen molar-refractivity contribution in [2.45, 2.75) is 52.2 Å². The van der Waals surface area contributed by atoms with Crippen LogP contribution in [-0.2, 0) is 5.60 Å². The van der Waals surface area contributed by atoms with E-state index in [-0.39, 0.29) is 0 Å². The topological polar surface area (TPSA) is 45.2 Å².